The largest absolute Gasteiger partial charge is 0.493 e. The molecule has 9 nitrogen and oxygen atoms in total. The second kappa shape index (κ2) is 5.39. The van der Waals surface area contributed by atoms with E-state index >= 15 is 0 Å². The Morgan fingerprint density at radius 3 is 2.62 bits per heavy atom. The highest BCUT2D eigenvalue weighted by Crippen LogP contribution is 2.26. The van der Waals surface area contributed by atoms with Crippen LogP contribution in [0.4, 0.5) is 0 Å². The van der Waals surface area contributed by atoms with E-state index in [0.29, 0.717) is 4.68 Å². The van der Waals surface area contributed by atoms with Crippen molar-refractivity contribution in [1.82, 2.24) is 4.68 Å². The zero-order valence-electron chi connectivity index (χ0n) is 12.1. The van der Waals surface area contributed by atoms with Gasteiger partial charge in [0.15, 0.2) is 0 Å². The summed E-state index contributed by atoms with van der Waals surface area (Å²) in [6.45, 7) is -0.0286. The molecule has 0 radical (unpaired) electrons. The van der Waals surface area contributed by atoms with Gasteiger partial charge < -0.3 is 10.8 Å². The number of aromatic hydroxyl groups is 1. The van der Waals surface area contributed by atoms with Crippen LogP contribution in [0.2, 0.25) is 0 Å². The van der Waals surface area contributed by atoms with E-state index in [9.17, 15) is 23.6 Å². The minimum absolute atomic E-state index is 0.0260. The van der Waals surface area contributed by atoms with Gasteiger partial charge in [0.1, 0.15) is 17.5 Å². The van der Waals surface area contributed by atoms with E-state index in [0.717, 1.165) is 0 Å². The van der Waals surface area contributed by atoms with Gasteiger partial charge >= 0.3 is 0 Å². The molecule has 2 aromatic rings. The first kappa shape index (κ1) is 15.6. The number of nitrogens with two attached hydrogens (primary N) is 1. The van der Waals surface area contributed by atoms with Gasteiger partial charge in [-0.3, -0.25) is 9.79 Å². The molecule has 3 rings (SSSR count). The predicted octanol–water partition coefficient (Wildman–Crippen LogP) is -0.423. The van der Waals surface area contributed by atoms with Crippen LogP contribution < -0.4 is 16.1 Å². The molecule has 0 bridgehead atoms. The minimum atomic E-state index is -4.16. The summed E-state index contributed by atoms with van der Waals surface area (Å²) in [7, 11) is -4.16. The van der Waals surface area contributed by atoms with Gasteiger partial charge in [-0.1, -0.05) is 18.2 Å². The Hall–Kier alpha value is -3.32. The number of hydrogen-bond donors (Lipinski definition) is 3. The number of amidine groups is 1. The third-order valence-electron chi connectivity index (χ3n) is 3.50. The molecule has 0 saturated heterocycles. The van der Waals surface area contributed by atoms with E-state index in [4.69, 9.17) is 5.73 Å². The van der Waals surface area contributed by atoms with Crippen molar-refractivity contribution in [1.29, 1.82) is 5.26 Å². The summed E-state index contributed by atoms with van der Waals surface area (Å²) >= 11 is 0. The van der Waals surface area contributed by atoms with Crippen molar-refractivity contribution in [3.63, 3.8) is 0 Å². The van der Waals surface area contributed by atoms with E-state index in [-0.39, 0.29) is 34.0 Å². The van der Waals surface area contributed by atoms with Gasteiger partial charge in [-0.25, -0.2) is 4.83 Å². The van der Waals surface area contributed by atoms with E-state index < -0.39 is 21.5 Å². The third kappa shape index (κ3) is 2.27. The lowest BCUT2D eigenvalue weighted by molar-refractivity contribution is 0.426. The number of rotatable bonds is 3. The van der Waals surface area contributed by atoms with Crippen LogP contribution in [0.25, 0.3) is 0 Å². The summed E-state index contributed by atoms with van der Waals surface area (Å²) < 4.78 is 25.1. The van der Waals surface area contributed by atoms with Crippen LogP contribution in [0.5, 0.6) is 5.88 Å². The van der Waals surface area contributed by atoms with Gasteiger partial charge in [-0.05, 0) is 12.1 Å². The highest BCUT2D eigenvalue weighted by Gasteiger charge is 2.29. The van der Waals surface area contributed by atoms with E-state index in [1.165, 1.54) is 24.3 Å². The molecule has 1 aromatic carbocycles. The summed E-state index contributed by atoms with van der Waals surface area (Å²) in [4.78, 5) is 18.1. The Bertz CT molecular complexity index is 1070. The molecule has 1 aliphatic heterocycles. The Morgan fingerprint density at radius 2 is 2.00 bits per heavy atom. The second-order valence-corrected chi connectivity index (χ2v) is 6.57. The lowest BCUT2D eigenvalue weighted by Crippen LogP contribution is -2.36. The van der Waals surface area contributed by atoms with Crippen molar-refractivity contribution < 1.29 is 13.5 Å². The lowest BCUT2D eigenvalue weighted by Gasteiger charge is -2.15. The van der Waals surface area contributed by atoms with Gasteiger partial charge in [0, 0.05) is 5.56 Å². The first-order valence-electron chi connectivity index (χ1n) is 6.66. The first-order chi connectivity index (χ1) is 11.4. The van der Waals surface area contributed by atoms with Crippen LogP contribution in [0.3, 0.4) is 0 Å². The molecule has 0 unspecified atom stereocenters. The fourth-order valence-electron chi connectivity index (χ4n) is 2.35. The molecule has 2 heterocycles. The third-order valence-corrected chi connectivity index (χ3v) is 4.81. The summed E-state index contributed by atoms with van der Waals surface area (Å²) in [6.07, 6.45) is 0. The Labute approximate surface area is 136 Å². The molecule has 0 amide bonds. The number of nitrogens with one attached hydrogen (secondary N) is 1. The molecule has 1 aromatic heterocycles. The van der Waals surface area contributed by atoms with Gasteiger partial charge in [0.2, 0.25) is 5.88 Å². The average molecular weight is 345 g/mol. The fraction of sp³-hybridized carbons (Fsp3) is 0.0714. The van der Waals surface area contributed by atoms with Crippen LogP contribution in [0.15, 0.2) is 45.0 Å². The standard InChI is InChI=1S/C14H11N5O4S/c15-6-9-10-7-17-12(16)11(10)14(21)19(13(9)20)18-24(22,23)8-4-2-1-3-5-8/h1-5,18,21H,7H2,(H2,16,17). The Morgan fingerprint density at radius 1 is 1.33 bits per heavy atom. The van der Waals surface area contributed by atoms with Crippen LogP contribution in [0.1, 0.15) is 16.7 Å². The van der Waals surface area contributed by atoms with Crippen molar-refractivity contribution in [3.8, 4) is 11.9 Å². The first-order valence-corrected chi connectivity index (χ1v) is 8.14. The van der Waals surface area contributed by atoms with Crippen molar-refractivity contribution >= 4 is 15.9 Å². The molecule has 0 fully saturated rings. The van der Waals surface area contributed by atoms with Crippen LogP contribution in [-0.4, -0.2) is 24.0 Å². The number of aromatic nitrogens is 1. The molecule has 0 spiro atoms. The van der Waals surface area contributed by atoms with Crippen LogP contribution in [-0.2, 0) is 16.6 Å². The van der Waals surface area contributed by atoms with Crippen molar-refractivity contribution in [2.45, 2.75) is 11.4 Å². The van der Waals surface area contributed by atoms with E-state index in [1.807, 2.05) is 4.83 Å². The Balaban J connectivity index is 2.20. The number of aliphatic imine (C=N–C) groups is 1. The van der Waals surface area contributed by atoms with Crippen LogP contribution >= 0.6 is 0 Å². The van der Waals surface area contributed by atoms with Crippen molar-refractivity contribution in [2.75, 3.05) is 4.83 Å². The van der Waals surface area contributed by atoms with Gasteiger partial charge in [0.05, 0.1) is 17.0 Å². The normalized spacial score (nSPS) is 13.0. The predicted molar refractivity (Wildman–Crippen MR) is 84.5 cm³/mol. The number of hydrogen-bond acceptors (Lipinski definition) is 7. The van der Waals surface area contributed by atoms with Gasteiger partial charge in [-0.15, -0.1) is 0 Å². The fourth-order valence-corrected chi connectivity index (χ4v) is 3.38. The van der Waals surface area contributed by atoms with Crippen molar-refractivity contribution in [2.24, 2.45) is 10.7 Å². The number of sulfonamides is 1. The van der Waals surface area contributed by atoms with E-state index in [2.05, 4.69) is 4.99 Å². The zero-order chi connectivity index (χ0) is 17.5. The number of nitriles is 1. The summed E-state index contributed by atoms with van der Waals surface area (Å²) in [5.74, 6) is -0.793. The van der Waals surface area contributed by atoms with E-state index in [1.54, 1.807) is 12.1 Å². The zero-order valence-corrected chi connectivity index (χ0v) is 12.9. The quantitative estimate of drug-likeness (QED) is 0.687. The number of benzene rings is 1. The lowest BCUT2D eigenvalue weighted by atomic mass is 10.1. The van der Waals surface area contributed by atoms with Gasteiger partial charge in [-0.2, -0.15) is 18.4 Å². The SMILES string of the molecule is N#Cc1c2c(c(O)n(NS(=O)(=O)c3ccccc3)c1=O)C(N)=NC2. The second-order valence-electron chi connectivity index (χ2n) is 4.91. The highest BCUT2D eigenvalue weighted by molar-refractivity contribution is 7.92. The molecular weight excluding hydrogens is 334 g/mol. The monoisotopic (exact) mass is 345 g/mol. The summed E-state index contributed by atoms with van der Waals surface area (Å²) in [5, 5.41) is 19.4. The molecule has 0 saturated carbocycles. The molecule has 0 aliphatic carbocycles. The number of pyridine rings is 1. The maximum absolute atomic E-state index is 12.4. The molecule has 0 atom stereocenters. The van der Waals surface area contributed by atoms with Crippen LogP contribution in [0, 0.1) is 11.3 Å². The molecule has 122 valence electrons. The maximum atomic E-state index is 12.4. The Kier molecular flexibility index (Phi) is 3.50. The molecule has 4 N–H and O–H groups in total. The smallest absolute Gasteiger partial charge is 0.291 e. The molecule has 1 aliphatic rings. The molecule has 24 heavy (non-hydrogen) atoms. The summed E-state index contributed by atoms with van der Waals surface area (Å²) in [5.41, 5.74) is 4.47. The molecule has 10 heteroatoms. The number of fused-ring (bicyclic) bond motifs is 1. The highest BCUT2D eigenvalue weighted by atomic mass is 32.2. The average Bonchev–Trinajstić information content (AvgIpc) is 2.94. The minimum Gasteiger partial charge on any atom is -0.493 e. The van der Waals surface area contributed by atoms with Crippen molar-refractivity contribution in [3.05, 3.63) is 57.4 Å². The molecular formula is C14H11N5O4S. The number of nitrogens with zero attached hydrogens (tertiary/aromatic N) is 3. The van der Waals surface area contributed by atoms with Gasteiger partial charge in [0.25, 0.3) is 15.6 Å². The maximum Gasteiger partial charge on any atom is 0.291 e. The topological polar surface area (TPSA) is 151 Å². The summed E-state index contributed by atoms with van der Waals surface area (Å²) in [6, 6.07) is 8.98.